The zero-order chi connectivity index (χ0) is 16.9. The lowest BCUT2D eigenvalue weighted by Crippen LogP contribution is -2.43. The predicted molar refractivity (Wildman–Crippen MR) is 73.2 cm³/mol. The van der Waals surface area contributed by atoms with Gasteiger partial charge in [-0.3, -0.25) is 14.4 Å². The van der Waals surface area contributed by atoms with Crippen LogP contribution in [-0.4, -0.2) is 47.4 Å². The Bertz CT molecular complexity index is 556. The van der Waals surface area contributed by atoms with E-state index in [2.05, 4.69) is 0 Å². The number of benzene rings is 1. The van der Waals surface area contributed by atoms with Crippen LogP contribution in [-0.2, 0) is 20.8 Å². The Morgan fingerprint density at radius 2 is 1.41 bits per heavy atom. The molecule has 0 atom stereocenters. The van der Waals surface area contributed by atoms with Crippen molar-refractivity contribution in [3.63, 3.8) is 0 Å². The lowest BCUT2D eigenvalue weighted by molar-refractivity contribution is -0.169. The lowest BCUT2D eigenvalue weighted by Gasteiger charge is -2.23. The molecule has 1 aromatic carbocycles. The Kier molecular flexibility index (Phi) is 5.33. The van der Waals surface area contributed by atoms with Crippen LogP contribution in [0, 0.1) is 5.41 Å². The molecule has 8 heteroatoms. The normalized spacial score (nSPS) is 10.8. The molecule has 0 spiro atoms. The standard InChI is InChI=1S/C14H16O8/c1-21-9-3-8(4-10(5-9)22-2)6-14(12(17)18,13(19)20)7-11(15)16/h3-5H,6-7H2,1-2H3,(H,15,16)(H,17,18)(H,19,20). The van der Waals surface area contributed by atoms with Gasteiger partial charge < -0.3 is 24.8 Å². The van der Waals surface area contributed by atoms with E-state index in [1.165, 1.54) is 32.4 Å². The van der Waals surface area contributed by atoms with E-state index in [4.69, 9.17) is 14.6 Å². The molecule has 0 aliphatic rings. The van der Waals surface area contributed by atoms with Crippen molar-refractivity contribution in [3.05, 3.63) is 23.8 Å². The summed E-state index contributed by atoms with van der Waals surface area (Å²) >= 11 is 0. The number of carboxylic acid groups (broad SMARTS) is 3. The van der Waals surface area contributed by atoms with Crippen LogP contribution in [0.25, 0.3) is 0 Å². The number of hydrogen-bond donors (Lipinski definition) is 3. The summed E-state index contributed by atoms with van der Waals surface area (Å²) in [5.41, 5.74) is -2.19. The van der Waals surface area contributed by atoms with Crippen molar-refractivity contribution < 1.29 is 39.2 Å². The van der Waals surface area contributed by atoms with Crippen molar-refractivity contribution in [2.24, 2.45) is 5.41 Å². The third-order valence-corrected chi connectivity index (χ3v) is 3.19. The third kappa shape index (κ3) is 3.66. The second-order valence-electron chi connectivity index (χ2n) is 4.66. The molecule has 8 nitrogen and oxygen atoms in total. The van der Waals surface area contributed by atoms with E-state index in [-0.39, 0.29) is 5.56 Å². The summed E-state index contributed by atoms with van der Waals surface area (Å²) in [7, 11) is 2.77. The lowest BCUT2D eigenvalue weighted by atomic mass is 9.78. The average molecular weight is 312 g/mol. The zero-order valence-corrected chi connectivity index (χ0v) is 12.0. The zero-order valence-electron chi connectivity index (χ0n) is 12.0. The number of methoxy groups -OCH3 is 2. The molecular weight excluding hydrogens is 296 g/mol. The van der Waals surface area contributed by atoms with Gasteiger partial charge >= 0.3 is 17.9 Å². The van der Waals surface area contributed by atoms with Crippen LogP contribution in [0.1, 0.15) is 12.0 Å². The number of rotatable bonds is 8. The molecule has 0 amide bonds. The van der Waals surface area contributed by atoms with E-state index in [9.17, 15) is 24.6 Å². The summed E-state index contributed by atoms with van der Waals surface area (Å²) in [5, 5.41) is 27.4. The Labute approximate surface area is 125 Å². The van der Waals surface area contributed by atoms with Gasteiger partial charge in [-0.25, -0.2) is 0 Å². The van der Waals surface area contributed by atoms with Gasteiger partial charge in [0, 0.05) is 12.5 Å². The first kappa shape index (κ1) is 17.3. The first-order valence-corrected chi connectivity index (χ1v) is 6.15. The molecule has 0 saturated heterocycles. The summed E-state index contributed by atoms with van der Waals surface area (Å²) in [6.45, 7) is 0. The summed E-state index contributed by atoms with van der Waals surface area (Å²) in [6.07, 6.45) is -1.56. The van der Waals surface area contributed by atoms with Crippen molar-refractivity contribution in [1.82, 2.24) is 0 Å². The quantitative estimate of drug-likeness (QED) is 0.603. The molecule has 0 radical (unpaired) electrons. The highest BCUT2D eigenvalue weighted by molar-refractivity contribution is 6.01. The maximum atomic E-state index is 11.4. The molecule has 0 heterocycles. The number of hydrogen-bond acceptors (Lipinski definition) is 5. The molecular formula is C14H16O8. The summed E-state index contributed by atoms with van der Waals surface area (Å²) in [4.78, 5) is 33.7. The summed E-state index contributed by atoms with van der Waals surface area (Å²) in [5.74, 6) is -4.27. The van der Waals surface area contributed by atoms with E-state index in [0.29, 0.717) is 11.5 Å². The molecule has 1 aromatic rings. The molecule has 0 saturated carbocycles. The Balaban J connectivity index is 3.32. The van der Waals surface area contributed by atoms with Crippen LogP contribution in [0.4, 0.5) is 0 Å². The summed E-state index contributed by atoms with van der Waals surface area (Å²) in [6, 6.07) is 4.40. The fourth-order valence-electron chi connectivity index (χ4n) is 2.03. The highest BCUT2D eigenvalue weighted by Gasteiger charge is 2.48. The molecule has 0 fully saturated rings. The average Bonchev–Trinajstić information content (AvgIpc) is 2.44. The van der Waals surface area contributed by atoms with Gasteiger partial charge in [0.05, 0.1) is 20.6 Å². The molecule has 22 heavy (non-hydrogen) atoms. The third-order valence-electron chi connectivity index (χ3n) is 3.19. The Morgan fingerprint density at radius 3 is 1.73 bits per heavy atom. The largest absolute Gasteiger partial charge is 0.497 e. The van der Waals surface area contributed by atoms with Crippen LogP contribution < -0.4 is 9.47 Å². The van der Waals surface area contributed by atoms with Crippen LogP contribution in [0.3, 0.4) is 0 Å². The number of ether oxygens (including phenoxy) is 2. The summed E-state index contributed by atoms with van der Waals surface area (Å²) < 4.78 is 10.0. The van der Waals surface area contributed by atoms with Crippen molar-refractivity contribution in [1.29, 1.82) is 0 Å². The molecule has 0 unspecified atom stereocenters. The maximum absolute atomic E-state index is 11.4. The minimum atomic E-state index is -2.47. The van der Waals surface area contributed by atoms with Crippen molar-refractivity contribution >= 4 is 17.9 Å². The predicted octanol–water partition coefficient (Wildman–Crippen LogP) is 0.877. The van der Waals surface area contributed by atoms with E-state index in [0.717, 1.165) is 0 Å². The Hall–Kier alpha value is -2.77. The van der Waals surface area contributed by atoms with Gasteiger partial charge in [0.1, 0.15) is 11.5 Å². The van der Waals surface area contributed by atoms with E-state index in [1.54, 1.807) is 0 Å². The highest BCUT2D eigenvalue weighted by atomic mass is 16.5. The topological polar surface area (TPSA) is 130 Å². The minimum Gasteiger partial charge on any atom is -0.497 e. The van der Waals surface area contributed by atoms with Crippen molar-refractivity contribution in [3.8, 4) is 11.5 Å². The fourth-order valence-corrected chi connectivity index (χ4v) is 2.03. The molecule has 3 N–H and O–H groups in total. The molecule has 0 aliphatic heterocycles. The number of carbonyl (C=O) groups is 3. The number of carboxylic acids is 3. The smallest absolute Gasteiger partial charge is 0.322 e. The molecule has 0 bridgehead atoms. The van der Waals surface area contributed by atoms with Gasteiger partial charge in [-0.15, -0.1) is 0 Å². The van der Waals surface area contributed by atoms with Gasteiger partial charge in [0.25, 0.3) is 0 Å². The fraction of sp³-hybridized carbons (Fsp3) is 0.357. The van der Waals surface area contributed by atoms with E-state index >= 15 is 0 Å². The van der Waals surface area contributed by atoms with Crippen LogP contribution in [0.2, 0.25) is 0 Å². The van der Waals surface area contributed by atoms with Crippen molar-refractivity contribution in [2.45, 2.75) is 12.8 Å². The van der Waals surface area contributed by atoms with Crippen LogP contribution >= 0.6 is 0 Å². The Morgan fingerprint density at radius 1 is 0.955 bits per heavy atom. The second kappa shape index (κ2) is 6.79. The second-order valence-corrected chi connectivity index (χ2v) is 4.66. The minimum absolute atomic E-state index is 0.280. The van der Waals surface area contributed by atoms with Gasteiger partial charge in [-0.1, -0.05) is 0 Å². The molecule has 0 aliphatic carbocycles. The van der Waals surface area contributed by atoms with Crippen molar-refractivity contribution in [2.75, 3.05) is 14.2 Å². The monoisotopic (exact) mass is 312 g/mol. The molecule has 0 aromatic heterocycles. The highest BCUT2D eigenvalue weighted by Crippen LogP contribution is 2.32. The van der Waals surface area contributed by atoms with Gasteiger partial charge in [-0.2, -0.15) is 0 Å². The number of aliphatic carboxylic acids is 3. The van der Waals surface area contributed by atoms with Gasteiger partial charge in [0.2, 0.25) is 0 Å². The van der Waals surface area contributed by atoms with Gasteiger partial charge in [0.15, 0.2) is 5.41 Å². The van der Waals surface area contributed by atoms with E-state index in [1.807, 2.05) is 0 Å². The first-order chi connectivity index (χ1) is 10.2. The maximum Gasteiger partial charge on any atom is 0.322 e. The molecule has 1 rings (SSSR count). The first-order valence-electron chi connectivity index (χ1n) is 6.15. The van der Waals surface area contributed by atoms with Crippen LogP contribution in [0.15, 0.2) is 18.2 Å². The SMILES string of the molecule is COc1cc(CC(CC(=O)O)(C(=O)O)C(=O)O)cc(OC)c1. The van der Waals surface area contributed by atoms with E-state index < -0.39 is 36.2 Å². The molecule has 120 valence electrons. The van der Waals surface area contributed by atoms with Crippen LogP contribution in [0.5, 0.6) is 11.5 Å². The van der Waals surface area contributed by atoms with Gasteiger partial charge in [-0.05, 0) is 17.7 Å².